The second-order valence-corrected chi connectivity index (χ2v) is 12.7. The van der Waals surface area contributed by atoms with Gasteiger partial charge in [-0.05, 0) is 55.2 Å². The fourth-order valence-electron chi connectivity index (χ4n) is 3.86. The summed E-state index contributed by atoms with van der Waals surface area (Å²) in [6, 6.07) is 12.8. The Morgan fingerprint density at radius 1 is 1.00 bits per heavy atom. The highest BCUT2D eigenvalue weighted by molar-refractivity contribution is 7.90. The average molecular weight is 549 g/mol. The van der Waals surface area contributed by atoms with Crippen molar-refractivity contribution in [2.45, 2.75) is 42.0 Å². The number of aryl methyl sites for hydroxylation is 1. The molecule has 1 aliphatic rings. The van der Waals surface area contributed by atoms with Crippen LogP contribution in [-0.2, 0) is 25.6 Å². The molecule has 2 aromatic carbocycles. The Kier molecular flexibility index (Phi) is 7.74. The van der Waals surface area contributed by atoms with Gasteiger partial charge in [0.05, 0.1) is 21.9 Å². The summed E-state index contributed by atoms with van der Waals surface area (Å²) in [6.07, 6.45) is 3.74. The van der Waals surface area contributed by atoms with E-state index in [1.807, 2.05) is 6.07 Å². The normalized spacial score (nSPS) is 14.9. The van der Waals surface area contributed by atoms with Crippen molar-refractivity contribution in [2.24, 2.45) is 0 Å². The van der Waals surface area contributed by atoms with Crippen molar-refractivity contribution < 1.29 is 21.6 Å². The Labute approximate surface area is 215 Å². The third kappa shape index (κ3) is 5.75. The number of nitrogens with one attached hydrogen (secondary N) is 1. The zero-order chi connectivity index (χ0) is 25.9. The predicted octanol–water partition coefficient (Wildman–Crippen LogP) is 3.84. The topological polar surface area (TPSA) is 126 Å². The monoisotopic (exact) mass is 548 g/mol. The van der Waals surface area contributed by atoms with Crippen molar-refractivity contribution in [3.63, 3.8) is 0 Å². The van der Waals surface area contributed by atoms with E-state index in [0.717, 1.165) is 31.0 Å². The molecule has 4 rings (SSSR count). The van der Waals surface area contributed by atoms with E-state index < -0.39 is 30.9 Å². The van der Waals surface area contributed by atoms with Crippen LogP contribution in [0.5, 0.6) is 0 Å². The largest absolute Gasteiger partial charge is 0.321 e. The molecule has 0 saturated carbocycles. The number of sulfonamides is 1. The van der Waals surface area contributed by atoms with Crippen molar-refractivity contribution in [2.75, 3.05) is 18.4 Å². The van der Waals surface area contributed by atoms with Crippen LogP contribution < -0.4 is 5.32 Å². The van der Waals surface area contributed by atoms with E-state index in [9.17, 15) is 21.6 Å². The summed E-state index contributed by atoms with van der Waals surface area (Å²) in [7, 11) is -7.55. The zero-order valence-corrected chi connectivity index (χ0v) is 21.9. The van der Waals surface area contributed by atoms with Gasteiger partial charge in [0.25, 0.3) is 5.91 Å². The molecule has 1 amide bonds. The van der Waals surface area contributed by atoms with E-state index in [1.54, 1.807) is 25.1 Å². The van der Waals surface area contributed by atoms with Crippen LogP contribution >= 0.6 is 11.6 Å². The number of carbonyl (C=O) groups is 1. The number of hydrogen-bond donors (Lipinski definition) is 1. The molecule has 0 aliphatic carbocycles. The lowest BCUT2D eigenvalue weighted by atomic mass is 10.1. The molecule has 3 aromatic rings. The minimum absolute atomic E-state index is 0.119. The highest BCUT2D eigenvalue weighted by Gasteiger charge is 2.26. The molecule has 2 heterocycles. The van der Waals surface area contributed by atoms with Crippen molar-refractivity contribution in [3.8, 4) is 0 Å². The zero-order valence-electron chi connectivity index (χ0n) is 19.5. The lowest BCUT2D eigenvalue weighted by Gasteiger charge is -2.25. The van der Waals surface area contributed by atoms with Gasteiger partial charge >= 0.3 is 0 Å². The quantitative estimate of drug-likeness (QED) is 0.444. The predicted molar refractivity (Wildman–Crippen MR) is 136 cm³/mol. The summed E-state index contributed by atoms with van der Waals surface area (Å²) < 4.78 is 52.9. The minimum Gasteiger partial charge on any atom is -0.321 e. The Morgan fingerprint density at radius 3 is 2.33 bits per heavy atom. The molecule has 0 atom stereocenters. The summed E-state index contributed by atoms with van der Waals surface area (Å²) >= 11 is 6.10. The summed E-state index contributed by atoms with van der Waals surface area (Å²) in [5, 5.41) is 1.95. The number of carbonyl (C=O) groups excluding carboxylic acids is 1. The lowest BCUT2D eigenvalue weighted by molar-refractivity contribution is 0.102. The van der Waals surface area contributed by atoms with Crippen LogP contribution in [-0.4, -0.2) is 50.1 Å². The molecule has 1 N–H and O–H groups in total. The Hall–Kier alpha value is -2.86. The van der Waals surface area contributed by atoms with Crippen molar-refractivity contribution in [3.05, 3.63) is 76.6 Å². The Balaban J connectivity index is 1.52. The van der Waals surface area contributed by atoms with Gasteiger partial charge in [-0.1, -0.05) is 42.3 Å². The number of halogens is 1. The lowest BCUT2D eigenvalue weighted by Crippen LogP contribution is -2.35. The van der Waals surface area contributed by atoms with Gasteiger partial charge in [0.15, 0.2) is 5.69 Å². The molecule has 0 unspecified atom stereocenters. The molecule has 0 spiro atoms. The van der Waals surface area contributed by atoms with Gasteiger partial charge in [-0.3, -0.25) is 4.79 Å². The van der Waals surface area contributed by atoms with Crippen LogP contribution in [0, 0.1) is 6.92 Å². The van der Waals surface area contributed by atoms with Gasteiger partial charge in [-0.2, -0.15) is 4.31 Å². The van der Waals surface area contributed by atoms with Crippen LogP contribution in [0.15, 0.2) is 64.8 Å². The summed E-state index contributed by atoms with van der Waals surface area (Å²) in [6.45, 7) is 2.78. The molecule has 0 bridgehead atoms. The highest BCUT2D eigenvalue weighted by atomic mass is 35.5. The molecule has 12 heteroatoms. The van der Waals surface area contributed by atoms with Crippen molar-refractivity contribution >= 4 is 43.1 Å². The van der Waals surface area contributed by atoms with Gasteiger partial charge in [-0.25, -0.2) is 26.8 Å². The van der Waals surface area contributed by atoms with Crippen molar-refractivity contribution in [1.82, 2.24) is 14.3 Å². The van der Waals surface area contributed by atoms with E-state index in [4.69, 9.17) is 11.6 Å². The number of aromatic nitrogens is 2. The van der Waals surface area contributed by atoms with Crippen LogP contribution in [0.1, 0.15) is 40.9 Å². The smallest absolute Gasteiger partial charge is 0.275 e. The van der Waals surface area contributed by atoms with Crippen LogP contribution in [0.3, 0.4) is 0 Å². The van der Waals surface area contributed by atoms with Crippen LogP contribution in [0.2, 0.25) is 5.02 Å². The van der Waals surface area contributed by atoms with E-state index in [1.165, 1.54) is 28.6 Å². The molecule has 1 saturated heterocycles. The first-order chi connectivity index (χ1) is 17.1. The number of sulfone groups is 1. The van der Waals surface area contributed by atoms with Gasteiger partial charge in [-0.15, -0.1) is 0 Å². The molecule has 1 aliphatic heterocycles. The standard InChI is InChI=1S/C24H25ClN4O5S2/c1-17-7-3-4-8-18(17)16-35(31,32)24-26-15-21(25)22(28-24)23(30)27-19-9-11-20(12-10-19)36(33,34)29-13-5-2-6-14-29/h3-4,7-12,15H,2,5-6,13-14,16H2,1H3,(H,27,30). The third-order valence-electron chi connectivity index (χ3n) is 5.89. The van der Waals surface area contributed by atoms with Gasteiger partial charge < -0.3 is 5.32 Å². The van der Waals surface area contributed by atoms with Crippen LogP contribution in [0.25, 0.3) is 0 Å². The second-order valence-electron chi connectivity index (χ2n) is 8.48. The molecule has 36 heavy (non-hydrogen) atoms. The maximum absolute atomic E-state index is 12.9. The van der Waals surface area contributed by atoms with Gasteiger partial charge in [0.1, 0.15) is 0 Å². The molecule has 1 aromatic heterocycles. The number of nitrogens with zero attached hydrogens (tertiary/aromatic N) is 3. The van der Waals surface area contributed by atoms with E-state index in [-0.39, 0.29) is 21.4 Å². The van der Waals surface area contributed by atoms with Crippen molar-refractivity contribution in [1.29, 1.82) is 0 Å². The first-order valence-corrected chi connectivity index (χ1v) is 14.8. The first-order valence-electron chi connectivity index (χ1n) is 11.3. The average Bonchev–Trinajstić information content (AvgIpc) is 2.86. The number of benzene rings is 2. The van der Waals surface area contributed by atoms with Gasteiger partial charge in [0, 0.05) is 18.8 Å². The molecule has 1 fully saturated rings. The highest BCUT2D eigenvalue weighted by Crippen LogP contribution is 2.23. The molecular formula is C24H25ClN4O5S2. The maximum Gasteiger partial charge on any atom is 0.275 e. The number of amides is 1. The third-order valence-corrected chi connectivity index (χ3v) is 9.52. The minimum atomic E-state index is -3.95. The first kappa shape index (κ1) is 26.2. The second kappa shape index (κ2) is 10.6. The number of rotatable bonds is 7. The van der Waals surface area contributed by atoms with E-state index in [2.05, 4.69) is 15.3 Å². The Bertz CT molecular complexity index is 1490. The summed E-state index contributed by atoms with van der Waals surface area (Å²) in [4.78, 5) is 20.7. The summed E-state index contributed by atoms with van der Waals surface area (Å²) in [5.74, 6) is -1.07. The maximum atomic E-state index is 12.9. The number of piperidine rings is 1. The molecular weight excluding hydrogens is 524 g/mol. The van der Waals surface area contributed by atoms with E-state index in [0.29, 0.717) is 24.3 Å². The van der Waals surface area contributed by atoms with Gasteiger partial charge in [0.2, 0.25) is 25.0 Å². The van der Waals surface area contributed by atoms with E-state index >= 15 is 0 Å². The number of hydrogen-bond acceptors (Lipinski definition) is 7. The SMILES string of the molecule is Cc1ccccc1CS(=O)(=O)c1ncc(Cl)c(C(=O)Nc2ccc(S(=O)(=O)N3CCCCC3)cc2)n1. The number of anilines is 1. The molecule has 0 radical (unpaired) electrons. The fraction of sp³-hybridized carbons (Fsp3) is 0.292. The molecule has 190 valence electrons. The fourth-order valence-corrected chi connectivity index (χ4v) is 6.86. The van der Waals surface area contributed by atoms with Crippen LogP contribution in [0.4, 0.5) is 5.69 Å². The molecule has 9 nitrogen and oxygen atoms in total. The Morgan fingerprint density at radius 2 is 1.67 bits per heavy atom. The summed E-state index contributed by atoms with van der Waals surface area (Å²) in [5.41, 5.74) is 1.40.